The second-order valence-corrected chi connectivity index (χ2v) is 5.99. The van der Waals surface area contributed by atoms with Gasteiger partial charge in [0.25, 0.3) is 0 Å². The van der Waals surface area contributed by atoms with Crippen molar-refractivity contribution in [2.45, 2.75) is 32.5 Å². The summed E-state index contributed by atoms with van der Waals surface area (Å²) in [5.41, 5.74) is 0.979. The number of aliphatic hydroxyl groups is 2. The molecule has 0 fully saturated rings. The van der Waals surface area contributed by atoms with Crippen LogP contribution in [0.25, 0.3) is 0 Å². The van der Waals surface area contributed by atoms with E-state index in [-0.39, 0.29) is 15.9 Å². The first-order valence-electron chi connectivity index (χ1n) is 5.81. The van der Waals surface area contributed by atoms with Crippen molar-refractivity contribution in [2.75, 3.05) is 5.75 Å². The van der Waals surface area contributed by atoms with Crippen LogP contribution in [0.5, 0.6) is 5.75 Å². The van der Waals surface area contributed by atoms with Gasteiger partial charge in [0, 0.05) is 12.7 Å². The van der Waals surface area contributed by atoms with E-state index in [9.17, 15) is 20.1 Å². The number of hydrogen-bond acceptors (Lipinski definition) is 5. The third-order valence-electron chi connectivity index (χ3n) is 2.70. The Bertz CT molecular complexity index is 441. The summed E-state index contributed by atoms with van der Waals surface area (Å²) in [6.45, 7) is 3.12. The second kappa shape index (κ2) is 7.14. The van der Waals surface area contributed by atoms with Crippen LogP contribution in [0.1, 0.15) is 30.6 Å². The molecular formula is C13H17ClO4S. The molecule has 0 saturated heterocycles. The predicted molar refractivity (Wildman–Crippen MR) is 76.6 cm³/mol. The standard InChI is InChI=1S/C13H17ClO4S/c1-7-5-9(6-10(14)12(7)17)13(18)11(16)3-4-19-8(2)15/h5-6,11,13,16-18H,3-4H2,1-2H3. The quantitative estimate of drug-likeness (QED) is 0.778. The van der Waals surface area contributed by atoms with Crippen LogP contribution in [0, 0.1) is 6.92 Å². The van der Waals surface area contributed by atoms with Gasteiger partial charge in [0.05, 0.1) is 11.1 Å². The summed E-state index contributed by atoms with van der Waals surface area (Å²) in [5, 5.41) is 29.5. The number of benzene rings is 1. The van der Waals surface area contributed by atoms with Crippen LogP contribution in [0.2, 0.25) is 5.02 Å². The summed E-state index contributed by atoms with van der Waals surface area (Å²) in [7, 11) is 0. The average Bonchev–Trinajstić information content (AvgIpc) is 2.33. The summed E-state index contributed by atoms with van der Waals surface area (Å²) in [5.74, 6) is 0.414. The summed E-state index contributed by atoms with van der Waals surface area (Å²) in [6.07, 6.45) is -1.78. The minimum absolute atomic E-state index is 0.0230. The highest BCUT2D eigenvalue weighted by atomic mass is 35.5. The van der Waals surface area contributed by atoms with Gasteiger partial charge >= 0.3 is 0 Å². The van der Waals surface area contributed by atoms with E-state index in [1.165, 1.54) is 13.0 Å². The number of aliphatic hydroxyl groups excluding tert-OH is 2. The monoisotopic (exact) mass is 304 g/mol. The number of carbonyl (C=O) groups excluding carboxylic acids is 1. The molecule has 0 bridgehead atoms. The first-order valence-corrected chi connectivity index (χ1v) is 7.17. The molecule has 0 aliphatic carbocycles. The van der Waals surface area contributed by atoms with Gasteiger partial charge in [-0.2, -0.15) is 0 Å². The molecule has 3 N–H and O–H groups in total. The van der Waals surface area contributed by atoms with E-state index >= 15 is 0 Å². The number of rotatable bonds is 5. The van der Waals surface area contributed by atoms with Crippen molar-refractivity contribution in [3.8, 4) is 5.75 Å². The molecule has 0 aromatic heterocycles. The Morgan fingerprint density at radius 1 is 1.42 bits per heavy atom. The van der Waals surface area contributed by atoms with E-state index in [1.54, 1.807) is 13.0 Å². The maximum atomic E-state index is 10.8. The molecule has 1 aromatic carbocycles. The van der Waals surface area contributed by atoms with Crippen LogP contribution in [-0.4, -0.2) is 32.3 Å². The smallest absolute Gasteiger partial charge is 0.185 e. The van der Waals surface area contributed by atoms with Crippen LogP contribution in [0.4, 0.5) is 0 Å². The van der Waals surface area contributed by atoms with E-state index in [2.05, 4.69) is 0 Å². The van der Waals surface area contributed by atoms with Crippen molar-refractivity contribution < 1.29 is 20.1 Å². The fourth-order valence-electron chi connectivity index (χ4n) is 1.64. The first-order chi connectivity index (χ1) is 8.82. The van der Waals surface area contributed by atoms with Crippen LogP contribution >= 0.6 is 23.4 Å². The van der Waals surface area contributed by atoms with E-state index in [1.807, 2.05) is 0 Å². The molecule has 0 amide bonds. The van der Waals surface area contributed by atoms with Crippen LogP contribution in [0.3, 0.4) is 0 Å². The van der Waals surface area contributed by atoms with Gasteiger partial charge in [0.1, 0.15) is 11.9 Å². The molecule has 0 spiro atoms. The lowest BCUT2D eigenvalue weighted by molar-refractivity contribution is -0.109. The number of phenols is 1. The molecule has 1 rings (SSSR count). The average molecular weight is 305 g/mol. The fourth-order valence-corrected chi connectivity index (χ4v) is 2.56. The maximum Gasteiger partial charge on any atom is 0.185 e. The normalized spacial score (nSPS) is 14.2. The molecule has 0 heterocycles. The number of aromatic hydroxyl groups is 1. The van der Waals surface area contributed by atoms with Gasteiger partial charge in [-0.15, -0.1) is 0 Å². The highest BCUT2D eigenvalue weighted by molar-refractivity contribution is 8.13. The second-order valence-electron chi connectivity index (χ2n) is 4.31. The lowest BCUT2D eigenvalue weighted by Gasteiger charge is -2.19. The molecular weight excluding hydrogens is 288 g/mol. The van der Waals surface area contributed by atoms with Crippen molar-refractivity contribution >= 4 is 28.5 Å². The molecule has 1 aromatic rings. The van der Waals surface area contributed by atoms with Crippen LogP contribution in [-0.2, 0) is 4.79 Å². The van der Waals surface area contributed by atoms with E-state index in [0.29, 0.717) is 23.3 Å². The fraction of sp³-hybridized carbons (Fsp3) is 0.462. The molecule has 2 atom stereocenters. The summed E-state index contributed by atoms with van der Waals surface area (Å²) < 4.78 is 0. The van der Waals surface area contributed by atoms with Crippen LogP contribution < -0.4 is 0 Å². The van der Waals surface area contributed by atoms with Crippen molar-refractivity contribution in [1.29, 1.82) is 0 Å². The Labute approximate surface area is 121 Å². The number of aryl methyl sites for hydroxylation is 1. The molecule has 0 saturated carbocycles. The molecule has 6 heteroatoms. The minimum atomic E-state index is -1.09. The zero-order valence-electron chi connectivity index (χ0n) is 10.8. The van der Waals surface area contributed by atoms with Gasteiger partial charge in [-0.25, -0.2) is 0 Å². The van der Waals surface area contributed by atoms with Gasteiger partial charge < -0.3 is 15.3 Å². The third-order valence-corrected chi connectivity index (χ3v) is 3.84. The Balaban J connectivity index is 2.71. The number of carbonyl (C=O) groups is 1. The summed E-state index contributed by atoms with van der Waals surface area (Å²) in [4.78, 5) is 10.8. The number of phenolic OH excluding ortho intramolecular Hbond substituents is 1. The SMILES string of the molecule is CC(=O)SCCC(O)C(O)c1cc(C)c(O)c(Cl)c1. The topological polar surface area (TPSA) is 77.8 Å². The van der Waals surface area contributed by atoms with Crippen molar-refractivity contribution in [1.82, 2.24) is 0 Å². The molecule has 4 nitrogen and oxygen atoms in total. The van der Waals surface area contributed by atoms with E-state index < -0.39 is 12.2 Å². The lowest BCUT2D eigenvalue weighted by Crippen LogP contribution is -2.19. The van der Waals surface area contributed by atoms with Gasteiger partial charge in [-0.3, -0.25) is 4.79 Å². The minimum Gasteiger partial charge on any atom is -0.506 e. The molecule has 106 valence electrons. The number of thioether (sulfide) groups is 1. The first kappa shape index (κ1) is 16.3. The summed E-state index contributed by atoms with van der Waals surface area (Å²) >= 11 is 6.93. The zero-order chi connectivity index (χ0) is 14.6. The Morgan fingerprint density at radius 3 is 2.58 bits per heavy atom. The molecule has 0 radical (unpaired) electrons. The van der Waals surface area contributed by atoms with Crippen molar-refractivity contribution in [3.63, 3.8) is 0 Å². The third kappa shape index (κ3) is 4.69. The van der Waals surface area contributed by atoms with Gasteiger partial charge in [-0.1, -0.05) is 23.4 Å². The van der Waals surface area contributed by atoms with Crippen molar-refractivity contribution in [2.24, 2.45) is 0 Å². The Morgan fingerprint density at radius 2 is 2.05 bits per heavy atom. The van der Waals surface area contributed by atoms with Gasteiger partial charge in [0.2, 0.25) is 0 Å². The molecule has 2 unspecified atom stereocenters. The molecule has 0 aliphatic rings. The Hall–Kier alpha value is -0.750. The Kier molecular flexibility index (Phi) is 6.13. The highest BCUT2D eigenvalue weighted by Crippen LogP contribution is 2.32. The van der Waals surface area contributed by atoms with Gasteiger partial charge in [0.15, 0.2) is 5.12 Å². The predicted octanol–water partition coefficient (Wildman–Crippen LogP) is 2.42. The van der Waals surface area contributed by atoms with E-state index in [4.69, 9.17) is 11.6 Å². The lowest BCUT2D eigenvalue weighted by atomic mass is 10.0. The molecule has 0 aliphatic heterocycles. The molecule has 19 heavy (non-hydrogen) atoms. The number of halogens is 1. The maximum absolute atomic E-state index is 10.8. The zero-order valence-corrected chi connectivity index (χ0v) is 12.3. The van der Waals surface area contributed by atoms with E-state index in [0.717, 1.165) is 11.8 Å². The number of hydrogen-bond donors (Lipinski definition) is 3. The van der Waals surface area contributed by atoms with Crippen LogP contribution in [0.15, 0.2) is 12.1 Å². The highest BCUT2D eigenvalue weighted by Gasteiger charge is 2.20. The largest absolute Gasteiger partial charge is 0.506 e. The van der Waals surface area contributed by atoms with Gasteiger partial charge in [-0.05, 0) is 36.6 Å². The summed E-state index contributed by atoms with van der Waals surface area (Å²) in [6, 6.07) is 3.00. The van der Waals surface area contributed by atoms with Crippen molar-refractivity contribution in [3.05, 3.63) is 28.3 Å².